The molecular weight excluding hydrogens is 509 g/mol. The molecule has 5 heteroatoms. The van der Waals surface area contributed by atoms with Crippen LogP contribution in [0.5, 0.6) is 5.75 Å². The maximum Gasteiger partial charge on any atom is 0.167 e. The molecule has 0 heterocycles. The van der Waals surface area contributed by atoms with Gasteiger partial charge >= 0.3 is 0 Å². The zero-order valence-electron chi connectivity index (χ0n) is 22.5. The van der Waals surface area contributed by atoms with Crippen LogP contribution in [0.4, 0.5) is 13.2 Å². The van der Waals surface area contributed by atoms with Crippen LogP contribution in [0.3, 0.4) is 0 Å². The van der Waals surface area contributed by atoms with Gasteiger partial charge in [-0.05, 0) is 59.2 Å². The van der Waals surface area contributed by atoms with E-state index in [2.05, 4.69) is 6.58 Å². The minimum atomic E-state index is -0.928. The summed E-state index contributed by atoms with van der Waals surface area (Å²) in [6.45, 7) is 6.08. The highest BCUT2D eigenvalue weighted by Crippen LogP contribution is 2.30. The molecule has 4 rings (SSSR count). The first-order valence-electron chi connectivity index (χ1n) is 13.5. The SMILES string of the molecule is C=CCCCOc1ccc(-c2ccc(/C=C/c3ccc(-c4ccc(C(O)CCC)cc4)c(F)c3F)cc2)cc1F. The zero-order chi connectivity index (χ0) is 28.5. The molecule has 1 unspecified atom stereocenters. The first-order chi connectivity index (χ1) is 19.4. The van der Waals surface area contributed by atoms with E-state index in [-0.39, 0.29) is 16.9 Å². The normalized spacial score (nSPS) is 12.0. The van der Waals surface area contributed by atoms with Crippen LogP contribution in [0.25, 0.3) is 34.4 Å². The lowest BCUT2D eigenvalue weighted by atomic mass is 9.98. The molecule has 4 aromatic rings. The first kappa shape index (κ1) is 28.9. The first-order valence-corrected chi connectivity index (χ1v) is 13.5. The van der Waals surface area contributed by atoms with Crippen molar-refractivity contribution in [2.24, 2.45) is 0 Å². The van der Waals surface area contributed by atoms with Crippen molar-refractivity contribution in [3.05, 3.63) is 126 Å². The molecule has 0 spiro atoms. The molecule has 0 aromatic heterocycles. The lowest BCUT2D eigenvalue weighted by Crippen LogP contribution is -1.98. The van der Waals surface area contributed by atoms with E-state index in [1.807, 2.05) is 31.2 Å². The molecule has 0 radical (unpaired) electrons. The Morgan fingerprint density at radius 3 is 2.20 bits per heavy atom. The number of aliphatic hydroxyl groups is 1. The molecule has 4 aromatic carbocycles. The van der Waals surface area contributed by atoms with Crippen molar-refractivity contribution in [1.29, 1.82) is 0 Å². The van der Waals surface area contributed by atoms with Crippen LogP contribution in [0.15, 0.2) is 91.5 Å². The Morgan fingerprint density at radius 2 is 1.52 bits per heavy atom. The fraction of sp³-hybridized carbons (Fsp3) is 0.200. The standard InChI is InChI=1S/C35H33F3O2/c1-3-5-6-22-40-33-21-19-29(23-31(33)36)25-11-8-24(9-12-25)10-13-28-18-20-30(35(38)34(28)37)26-14-16-27(17-15-26)32(39)7-4-2/h3,8-21,23,32,39H,1,4-7,22H2,2H3/b13-10+. The van der Waals surface area contributed by atoms with Gasteiger partial charge in [-0.3, -0.25) is 0 Å². The zero-order valence-corrected chi connectivity index (χ0v) is 22.5. The van der Waals surface area contributed by atoms with E-state index in [0.717, 1.165) is 36.0 Å². The Morgan fingerprint density at radius 1 is 0.825 bits per heavy atom. The van der Waals surface area contributed by atoms with E-state index in [9.17, 15) is 18.3 Å². The van der Waals surface area contributed by atoms with Crippen molar-refractivity contribution in [3.8, 4) is 28.0 Å². The molecule has 40 heavy (non-hydrogen) atoms. The minimum Gasteiger partial charge on any atom is -0.491 e. The number of halogens is 3. The summed E-state index contributed by atoms with van der Waals surface area (Å²) in [6.07, 6.45) is 7.54. The number of benzene rings is 4. The lowest BCUT2D eigenvalue weighted by molar-refractivity contribution is 0.166. The summed E-state index contributed by atoms with van der Waals surface area (Å²) in [7, 11) is 0. The van der Waals surface area contributed by atoms with E-state index in [4.69, 9.17) is 4.74 Å². The average molecular weight is 543 g/mol. The van der Waals surface area contributed by atoms with Gasteiger partial charge in [0.1, 0.15) is 0 Å². The van der Waals surface area contributed by atoms with Gasteiger partial charge < -0.3 is 9.84 Å². The highest BCUT2D eigenvalue weighted by atomic mass is 19.2. The summed E-state index contributed by atoms with van der Waals surface area (Å²) >= 11 is 0. The molecule has 0 amide bonds. The maximum atomic E-state index is 15.0. The molecule has 0 saturated carbocycles. The van der Waals surface area contributed by atoms with Crippen molar-refractivity contribution < 1.29 is 23.0 Å². The number of aliphatic hydroxyl groups excluding tert-OH is 1. The second kappa shape index (κ2) is 13.8. The second-order valence-corrected chi connectivity index (χ2v) is 9.64. The van der Waals surface area contributed by atoms with Gasteiger partial charge in [-0.1, -0.05) is 98.3 Å². The van der Waals surface area contributed by atoms with Crippen molar-refractivity contribution in [1.82, 2.24) is 0 Å². The number of unbranched alkanes of at least 4 members (excludes halogenated alkanes) is 1. The van der Waals surface area contributed by atoms with Gasteiger partial charge in [0.25, 0.3) is 0 Å². The predicted octanol–water partition coefficient (Wildman–Crippen LogP) is 9.79. The van der Waals surface area contributed by atoms with Gasteiger partial charge in [0.2, 0.25) is 0 Å². The van der Waals surface area contributed by atoms with Crippen LogP contribution in [0, 0.1) is 17.5 Å². The van der Waals surface area contributed by atoms with Crippen LogP contribution >= 0.6 is 0 Å². The van der Waals surface area contributed by atoms with Crippen LogP contribution in [-0.2, 0) is 0 Å². The summed E-state index contributed by atoms with van der Waals surface area (Å²) in [4.78, 5) is 0. The number of rotatable bonds is 12. The van der Waals surface area contributed by atoms with E-state index in [1.165, 1.54) is 12.1 Å². The summed E-state index contributed by atoms with van der Waals surface area (Å²) in [5.74, 6) is -2.06. The molecule has 0 aliphatic carbocycles. The van der Waals surface area contributed by atoms with Gasteiger partial charge in [0.05, 0.1) is 12.7 Å². The molecule has 0 aliphatic rings. The molecule has 0 aliphatic heterocycles. The molecule has 0 saturated heterocycles. The largest absolute Gasteiger partial charge is 0.491 e. The Bertz CT molecular complexity index is 1460. The van der Waals surface area contributed by atoms with Gasteiger partial charge in [-0.25, -0.2) is 13.2 Å². The van der Waals surface area contributed by atoms with Crippen LogP contribution < -0.4 is 4.74 Å². The van der Waals surface area contributed by atoms with E-state index < -0.39 is 23.6 Å². The fourth-order valence-electron chi connectivity index (χ4n) is 4.42. The molecule has 1 N–H and O–H groups in total. The van der Waals surface area contributed by atoms with E-state index in [1.54, 1.807) is 60.7 Å². The Labute approximate surface area is 234 Å². The third-order valence-electron chi connectivity index (χ3n) is 6.72. The van der Waals surface area contributed by atoms with Crippen molar-refractivity contribution in [3.63, 3.8) is 0 Å². The Kier molecular flexibility index (Phi) is 9.98. The van der Waals surface area contributed by atoms with Crippen LogP contribution in [-0.4, -0.2) is 11.7 Å². The van der Waals surface area contributed by atoms with Crippen molar-refractivity contribution >= 4 is 12.2 Å². The summed E-state index contributed by atoms with van der Waals surface area (Å²) < 4.78 is 49.9. The van der Waals surface area contributed by atoms with Crippen LogP contribution in [0.2, 0.25) is 0 Å². The van der Waals surface area contributed by atoms with Crippen molar-refractivity contribution in [2.75, 3.05) is 6.61 Å². The molecular formula is C35H33F3O2. The van der Waals surface area contributed by atoms with Crippen molar-refractivity contribution in [2.45, 2.75) is 38.7 Å². The van der Waals surface area contributed by atoms with Gasteiger partial charge in [-0.15, -0.1) is 6.58 Å². The molecule has 206 valence electrons. The molecule has 2 nitrogen and oxygen atoms in total. The fourth-order valence-corrected chi connectivity index (χ4v) is 4.42. The third kappa shape index (κ3) is 7.10. The van der Waals surface area contributed by atoms with Gasteiger partial charge in [-0.2, -0.15) is 0 Å². The summed E-state index contributed by atoms with van der Waals surface area (Å²) in [6, 6.07) is 22.2. The average Bonchev–Trinajstić information content (AvgIpc) is 2.97. The van der Waals surface area contributed by atoms with E-state index in [0.29, 0.717) is 24.2 Å². The van der Waals surface area contributed by atoms with Gasteiger partial charge in [0.15, 0.2) is 23.2 Å². The number of ether oxygens (including phenoxy) is 1. The maximum absolute atomic E-state index is 15.0. The second-order valence-electron chi connectivity index (χ2n) is 9.64. The van der Waals surface area contributed by atoms with E-state index >= 15 is 0 Å². The van der Waals surface area contributed by atoms with Crippen LogP contribution in [0.1, 0.15) is 55.4 Å². The monoisotopic (exact) mass is 542 g/mol. The number of hydrogen-bond acceptors (Lipinski definition) is 2. The number of allylic oxidation sites excluding steroid dienone is 1. The Hall–Kier alpha value is -4.09. The highest BCUT2D eigenvalue weighted by molar-refractivity contribution is 5.74. The lowest BCUT2D eigenvalue weighted by Gasteiger charge is -2.11. The number of hydrogen-bond donors (Lipinski definition) is 1. The Balaban J connectivity index is 1.44. The quantitative estimate of drug-likeness (QED) is 0.110. The summed E-state index contributed by atoms with van der Waals surface area (Å²) in [5, 5.41) is 10.1. The highest BCUT2D eigenvalue weighted by Gasteiger charge is 2.14. The molecule has 0 bridgehead atoms. The topological polar surface area (TPSA) is 29.5 Å². The summed E-state index contributed by atoms with van der Waals surface area (Å²) in [5.41, 5.74) is 3.91. The smallest absolute Gasteiger partial charge is 0.167 e. The van der Waals surface area contributed by atoms with Gasteiger partial charge in [0, 0.05) is 11.1 Å². The minimum absolute atomic E-state index is 0.131. The predicted molar refractivity (Wildman–Crippen MR) is 157 cm³/mol. The third-order valence-corrected chi connectivity index (χ3v) is 6.72. The molecule has 0 fully saturated rings. The molecule has 1 atom stereocenters.